The van der Waals surface area contributed by atoms with Gasteiger partial charge in [-0.3, -0.25) is 0 Å². The maximum atomic E-state index is 12.4. The van der Waals surface area contributed by atoms with Crippen LogP contribution in [0.15, 0.2) is 59.0 Å². The first-order chi connectivity index (χ1) is 10.8. The summed E-state index contributed by atoms with van der Waals surface area (Å²) in [5, 5.41) is -0.896. The van der Waals surface area contributed by atoms with E-state index in [0.29, 0.717) is 5.56 Å². The van der Waals surface area contributed by atoms with Gasteiger partial charge in [0.1, 0.15) is 10.9 Å². The molecule has 0 spiro atoms. The van der Waals surface area contributed by atoms with Crippen molar-refractivity contribution in [2.75, 3.05) is 0 Å². The van der Waals surface area contributed by atoms with Gasteiger partial charge in [-0.25, -0.2) is 8.42 Å². The van der Waals surface area contributed by atoms with Gasteiger partial charge in [-0.15, -0.1) is 4.40 Å². The second-order valence-corrected chi connectivity index (χ2v) is 7.70. The van der Waals surface area contributed by atoms with Crippen LogP contribution in [0.2, 0.25) is 0 Å². The summed E-state index contributed by atoms with van der Waals surface area (Å²) in [6.07, 6.45) is 0. The van der Waals surface area contributed by atoms with Gasteiger partial charge in [-0.05, 0) is 30.5 Å². The molecule has 1 heterocycles. The summed E-state index contributed by atoms with van der Waals surface area (Å²) in [4.78, 5) is 0. The van der Waals surface area contributed by atoms with Crippen molar-refractivity contribution in [2.24, 2.45) is 10.1 Å². The minimum atomic E-state index is -3.77. The molecule has 0 saturated carbocycles. The van der Waals surface area contributed by atoms with Crippen LogP contribution >= 0.6 is 0 Å². The standard InChI is InChI=1S/C17H18N2O3S/c1-17(2)15(23(20,21)19-16(18)22-17)14-10-8-13(9-11-14)12-6-4-3-5-7-12/h3-11,15H,1-2H3,(H2,18,19). The van der Waals surface area contributed by atoms with Crippen molar-refractivity contribution in [3.8, 4) is 11.1 Å². The first-order valence-electron chi connectivity index (χ1n) is 7.23. The lowest BCUT2D eigenvalue weighted by atomic mass is 9.95. The molecule has 0 radical (unpaired) electrons. The van der Waals surface area contributed by atoms with Gasteiger partial charge < -0.3 is 10.5 Å². The molecule has 0 bridgehead atoms. The van der Waals surface area contributed by atoms with E-state index >= 15 is 0 Å². The highest BCUT2D eigenvalue weighted by Gasteiger charge is 2.46. The van der Waals surface area contributed by atoms with Crippen LogP contribution in [0.4, 0.5) is 0 Å². The minimum Gasteiger partial charge on any atom is -0.457 e. The van der Waals surface area contributed by atoms with Gasteiger partial charge in [0.05, 0.1) is 0 Å². The topological polar surface area (TPSA) is 81.8 Å². The minimum absolute atomic E-state index is 0.313. The Morgan fingerprint density at radius 2 is 1.57 bits per heavy atom. The molecule has 2 N–H and O–H groups in total. The Hall–Kier alpha value is -2.34. The molecule has 1 unspecified atom stereocenters. The zero-order chi connectivity index (χ0) is 16.7. The van der Waals surface area contributed by atoms with Crippen LogP contribution in [-0.4, -0.2) is 20.0 Å². The highest BCUT2D eigenvalue weighted by Crippen LogP contribution is 2.40. The number of hydrogen-bond acceptors (Lipinski definition) is 4. The van der Waals surface area contributed by atoms with E-state index in [1.165, 1.54) is 0 Å². The molecule has 0 fully saturated rings. The quantitative estimate of drug-likeness (QED) is 0.918. The van der Waals surface area contributed by atoms with E-state index in [4.69, 9.17) is 10.5 Å². The van der Waals surface area contributed by atoms with Gasteiger partial charge in [0.25, 0.3) is 16.0 Å². The van der Waals surface area contributed by atoms with Crippen molar-refractivity contribution < 1.29 is 13.2 Å². The third-order valence-electron chi connectivity index (χ3n) is 3.83. The first kappa shape index (κ1) is 15.6. The molecule has 5 nitrogen and oxygen atoms in total. The summed E-state index contributed by atoms with van der Waals surface area (Å²) in [5.74, 6) is 0. The monoisotopic (exact) mass is 330 g/mol. The molecule has 0 amide bonds. The fourth-order valence-corrected chi connectivity index (χ4v) is 4.59. The van der Waals surface area contributed by atoms with Crippen molar-refractivity contribution in [3.63, 3.8) is 0 Å². The number of benzene rings is 2. The van der Waals surface area contributed by atoms with Crippen molar-refractivity contribution in [1.29, 1.82) is 0 Å². The zero-order valence-corrected chi connectivity index (χ0v) is 13.7. The highest BCUT2D eigenvalue weighted by atomic mass is 32.2. The number of nitrogens with zero attached hydrogens (tertiary/aromatic N) is 1. The van der Waals surface area contributed by atoms with Crippen LogP contribution in [-0.2, 0) is 14.8 Å². The molecular weight excluding hydrogens is 312 g/mol. The highest BCUT2D eigenvalue weighted by molar-refractivity contribution is 7.90. The van der Waals surface area contributed by atoms with Gasteiger partial charge in [-0.2, -0.15) is 0 Å². The molecule has 0 aromatic heterocycles. The van der Waals surface area contributed by atoms with Crippen LogP contribution in [0.5, 0.6) is 0 Å². The Morgan fingerprint density at radius 3 is 2.13 bits per heavy atom. The maximum absolute atomic E-state index is 12.4. The predicted molar refractivity (Wildman–Crippen MR) is 90.3 cm³/mol. The van der Waals surface area contributed by atoms with Gasteiger partial charge in [-0.1, -0.05) is 54.6 Å². The third-order valence-corrected chi connectivity index (χ3v) is 5.70. The number of amidine groups is 1. The lowest BCUT2D eigenvalue weighted by Crippen LogP contribution is -2.45. The molecule has 6 heteroatoms. The molecule has 1 atom stereocenters. The van der Waals surface area contributed by atoms with E-state index in [1.54, 1.807) is 26.0 Å². The van der Waals surface area contributed by atoms with Crippen molar-refractivity contribution in [2.45, 2.75) is 24.7 Å². The predicted octanol–water partition coefficient (Wildman–Crippen LogP) is 2.85. The largest absolute Gasteiger partial charge is 0.457 e. The van der Waals surface area contributed by atoms with Crippen LogP contribution < -0.4 is 5.73 Å². The van der Waals surface area contributed by atoms with E-state index in [-0.39, 0.29) is 6.02 Å². The lowest BCUT2D eigenvalue weighted by Gasteiger charge is -2.36. The fraction of sp³-hybridized carbons (Fsp3) is 0.235. The molecule has 2 aromatic carbocycles. The molecule has 0 aliphatic carbocycles. The summed E-state index contributed by atoms with van der Waals surface area (Å²) in [6, 6.07) is 17.0. The van der Waals surface area contributed by atoms with Crippen LogP contribution in [0.25, 0.3) is 11.1 Å². The van der Waals surface area contributed by atoms with Gasteiger partial charge >= 0.3 is 0 Å². The van der Waals surface area contributed by atoms with Crippen LogP contribution in [0.3, 0.4) is 0 Å². The molecule has 23 heavy (non-hydrogen) atoms. The van der Waals surface area contributed by atoms with E-state index in [2.05, 4.69) is 4.40 Å². The Kier molecular flexibility index (Phi) is 3.64. The average Bonchev–Trinajstić information content (AvgIpc) is 2.46. The normalized spacial score (nSPS) is 22.0. The summed E-state index contributed by atoms with van der Waals surface area (Å²) in [6.45, 7) is 3.39. The van der Waals surface area contributed by atoms with Crippen molar-refractivity contribution in [3.05, 3.63) is 60.2 Å². The molecular formula is C17H18N2O3S. The van der Waals surface area contributed by atoms with E-state index in [1.807, 2.05) is 42.5 Å². The summed E-state index contributed by atoms with van der Waals surface area (Å²) in [5.41, 5.74) is 7.21. The SMILES string of the molecule is CC1(C)OC(N)=NS(=O)(=O)C1c1ccc(-c2ccccc2)cc1. The zero-order valence-electron chi connectivity index (χ0n) is 12.9. The second-order valence-electron chi connectivity index (χ2n) is 6.02. The van der Waals surface area contributed by atoms with Crippen molar-refractivity contribution in [1.82, 2.24) is 0 Å². The Morgan fingerprint density at radius 1 is 1.00 bits per heavy atom. The summed E-state index contributed by atoms with van der Waals surface area (Å²) in [7, 11) is -3.77. The van der Waals surface area contributed by atoms with E-state index < -0.39 is 20.9 Å². The molecule has 0 saturated heterocycles. The van der Waals surface area contributed by atoms with E-state index in [0.717, 1.165) is 11.1 Å². The fourth-order valence-electron chi connectivity index (χ4n) is 2.93. The van der Waals surface area contributed by atoms with Gasteiger partial charge in [0, 0.05) is 0 Å². The number of hydrogen-bond donors (Lipinski definition) is 1. The molecule has 2 aromatic rings. The number of ether oxygens (including phenoxy) is 1. The Labute approximate surface area is 135 Å². The summed E-state index contributed by atoms with van der Waals surface area (Å²) < 4.78 is 33.8. The average molecular weight is 330 g/mol. The van der Waals surface area contributed by atoms with E-state index in [9.17, 15) is 8.42 Å². The van der Waals surface area contributed by atoms with Gasteiger partial charge in [0.15, 0.2) is 0 Å². The second kappa shape index (κ2) is 5.38. The smallest absolute Gasteiger partial charge is 0.298 e. The van der Waals surface area contributed by atoms with Crippen molar-refractivity contribution >= 4 is 16.0 Å². The molecule has 3 rings (SSSR count). The number of sulfonamides is 1. The molecule has 120 valence electrons. The van der Waals surface area contributed by atoms with Gasteiger partial charge in [0.2, 0.25) is 0 Å². The third kappa shape index (κ3) is 2.94. The maximum Gasteiger partial charge on any atom is 0.298 e. The first-order valence-corrected chi connectivity index (χ1v) is 8.73. The Bertz CT molecular complexity index is 841. The van der Waals surface area contributed by atoms with Crippen LogP contribution in [0, 0.1) is 0 Å². The Balaban J connectivity index is 2.02. The number of nitrogens with two attached hydrogens (primary N) is 1. The lowest BCUT2D eigenvalue weighted by molar-refractivity contribution is 0.0827. The van der Waals surface area contributed by atoms with Crippen LogP contribution in [0.1, 0.15) is 24.7 Å². The number of rotatable bonds is 2. The summed E-state index contributed by atoms with van der Waals surface area (Å²) >= 11 is 0. The molecule has 1 aliphatic rings. The molecule has 1 aliphatic heterocycles.